The average molecular weight is 490 g/mol. The number of carbonyl (C=O) groups excluding carboxylic acids is 4. The Labute approximate surface area is 195 Å². The number of nitrogens with two attached hydrogens (primary N) is 1. The lowest BCUT2D eigenvalue weighted by atomic mass is 10.1. The van der Waals surface area contributed by atoms with E-state index >= 15 is 0 Å². The minimum atomic E-state index is -1.46. The van der Waals surface area contributed by atoms with Crippen LogP contribution < -0.4 is 27.0 Å². The second-order valence-electron chi connectivity index (χ2n) is 7.56. The van der Waals surface area contributed by atoms with Crippen LogP contribution in [0.3, 0.4) is 0 Å². The number of carboxylic acid groups (broad SMARTS) is 2. The number of aliphatic carboxylic acids is 2. The van der Waals surface area contributed by atoms with E-state index in [1.807, 2.05) is 0 Å². The Balaban J connectivity index is 2.89. The standard InChI is InChI=1S/C19H31N5O8S/c1-33-8-6-11(17(29)23-12(19(31)32)4-5-15(26)27)22-18(30)13(9-14(20)25)24-16(28)10-3-2-7-21-10/h10-13,21H,2-9H2,1H3,(H2,20,25)(H,22,30)(H,23,29)(H,24,28)(H,26,27)(H,31,32). The number of rotatable bonds is 15. The zero-order valence-corrected chi connectivity index (χ0v) is 19.1. The molecule has 13 nitrogen and oxygen atoms in total. The van der Waals surface area contributed by atoms with Gasteiger partial charge in [0, 0.05) is 6.42 Å². The lowest BCUT2D eigenvalue weighted by Gasteiger charge is -2.24. The van der Waals surface area contributed by atoms with Crippen LogP contribution in [0.1, 0.15) is 38.5 Å². The molecule has 1 heterocycles. The molecule has 0 aromatic rings. The molecule has 4 atom stereocenters. The number of primary amides is 1. The highest BCUT2D eigenvalue weighted by molar-refractivity contribution is 7.98. The largest absolute Gasteiger partial charge is 0.481 e. The highest BCUT2D eigenvalue weighted by Gasteiger charge is 2.32. The molecule has 8 N–H and O–H groups in total. The summed E-state index contributed by atoms with van der Waals surface area (Å²) in [6.07, 6.45) is 1.96. The van der Waals surface area contributed by atoms with Gasteiger partial charge in [0.1, 0.15) is 18.1 Å². The predicted octanol–water partition coefficient (Wildman–Crippen LogP) is -2.23. The van der Waals surface area contributed by atoms with Crippen molar-refractivity contribution in [3.05, 3.63) is 0 Å². The van der Waals surface area contributed by atoms with E-state index in [0.717, 1.165) is 6.42 Å². The molecule has 0 spiro atoms. The van der Waals surface area contributed by atoms with Crippen molar-refractivity contribution < 1.29 is 39.0 Å². The molecule has 4 unspecified atom stereocenters. The van der Waals surface area contributed by atoms with Crippen LogP contribution in [0.2, 0.25) is 0 Å². The number of thioether (sulfide) groups is 1. The lowest BCUT2D eigenvalue weighted by Crippen LogP contribution is -2.57. The molecule has 0 bridgehead atoms. The van der Waals surface area contributed by atoms with Crippen LogP contribution in [-0.4, -0.2) is 88.5 Å². The fourth-order valence-electron chi connectivity index (χ4n) is 3.17. The zero-order chi connectivity index (χ0) is 25.0. The third-order valence-corrected chi connectivity index (χ3v) is 5.56. The molecule has 1 aliphatic rings. The summed E-state index contributed by atoms with van der Waals surface area (Å²) in [7, 11) is 0. The molecule has 33 heavy (non-hydrogen) atoms. The summed E-state index contributed by atoms with van der Waals surface area (Å²) in [6, 6.07) is -4.45. The highest BCUT2D eigenvalue weighted by atomic mass is 32.2. The van der Waals surface area contributed by atoms with Crippen molar-refractivity contribution in [3.63, 3.8) is 0 Å². The molecule has 0 aliphatic carbocycles. The van der Waals surface area contributed by atoms with E-state index < -0.39 is 72.6 Å². The van der Waals surface area contributed by atoms with Crippen molar-refractivity contribution in [2.75, 3.05) is 18.6 Å². The van der Waals surface area contributed by atoms with Crippen molar-refractivity contribution >= 4 is 47.3 Å². The van der Waals surface area contributed by atoms with Crippen LogP contribution in [0.5, 0.6) is 0 Å². The third kappa shape index (κ3) is 10.5. The van der Waals surface area contributed by atoms with Crippen LogP contribution in [0.15, 0.2) is 0 Å². The van der Waals surface area contributed by atoms with Gasteiger partial charge < -0.3 is 37.2 Å². The summed E-state index contributed by atoms with van der Waals surface area (Å²) < 4.78 is 0. The minimum absolute atomic E-state index is 0.130. The Bertz CT molecular complexity index is 744. The van der Waals surface area contributed by atoms with Gasteiger partial charge in [-0.05, 0) is 44.2 Å². The first-order chi connectivity index (χ1) is 15.5. The molecule has 1 fully saturated rings. The van der Waals surface area contributed by atoms with Crippen LogP contribution in [-0.2, 0) is 28.8 Å². The molecule has 186 valence electrons. The molecule has 14 heteroatoms. The fourth-order valence-corrected chi connectivity index (χ4v) is 3.64. The van der Waals surface area contributed by atoms with Gasteiger partial charge in [-0.2, -0.15) is 11.8 Å². The molecular formula is C19H31N5O8S. The number of nitrogens with one attached hydrogen (secondary N) is 4. The summed E-state index contributed by atoms with van der Waals surface area (Å²) in [5.74, 6) is -5.15. The van der Waals surface area contributed by atoms with Crippen LogP contribution >= 0.6 is 11.8 Å². The van der Waals surface area contributed by atoms with E-state index in [0.29, 0.717) is 18.7 Å². The summed E-state index contributed by atoms with van der Waals surface area (Å²) in [6.45, 7) is 0.647. The van der Waals surface area contributed by atoms with E-state index in [1.165, 1.54) is 11.8 Å². The van der Waals surface area contributed by atoms with E-state index in [-0.39, 0.29) is 12.8 Å². The zero-order valence-electron chi connectivity index (χ0n) is 18.3. The van der Waals surface area contributed by atoms with E-state index in [9.17, 15) is 33.9 Å². The third-order valence-electron chi connectivity index (χ3n) is 4.92. The predicted molar refractivity (Wildman–Crippen MR) is 118 cm³/mol. The first kappa shape index (κ1) is 28.2. The van der Waals surface area contributed by atoms with Crippen molar-refractivity contribution in [1.82, 2.24) is 21.3 Å². The first-order valence-electron chi connectivity index (χ1n) is 10.4. The second kappa shape index (κ2) is 14.3. The van der Waals surface area contributed by atoms with Gasteiger partial charge in [-0.3, -0.25) is 24.0 Å². The highest BCUT2D eigenvalue weighted by Crippen LogP contribution is 2.08. The molecule has 0 saturated carbocycles. The molecule has 0 aromatic carbocycles. The Kier molecular flexibility index (Phi) is 12.2. The lowest BCUT2D eigenvalue weighted by molar-refractivity contribution is -0.143. The van der Waals surface area contributed by atoms with Crippen molar-refractivity contribution in [1.29, 1.82) is 0 Å². The molecule has 4 amide bonds. The second-order valence-corrected chi connectivity index (χ2v) is 8.54. The number of carbonyl (C=O) groups is 6. The topological polar surface area (TPSA) is 217 Å². The molecule has 0 radical (unpaired) electrons. The number of hydrogen-bond donors (Lipinski definition) is 7. The SMILES string of the molecule is CSCCC(NC(=O)C(CC(N)=O)NC(=O)C1CCCN1)C(=O)NC(CCC(=O)O)C(=O)O. The van der Waals surface area contributed by atoms with Crippen molar-refractivity contribution in [2.24, 2.45) is 5.73 Å². The van der Waals surface area contributed by atoms with Gasteiger partial charge in [0.25, 0.3) is 0 Å². The Hall–Kier alpha value is -2.87. The molecule has 0 aromatic heterocycles. The van der Waals surface area contributed by atoms with Crippen LogP contribution in [0.25, 0.3) is 0 Å². The van der Waals surface area contributed by atoms with E-state index in [2.05, 4.69) is 21.3 Å². The van der Waals surface area contributed by atoms with E-state index in [4.69, 9.17) is 10.8 Å². The smallest absolute Gasteiger partial charge is 0.326 e. The minimum Gasteiger partial charge on any atom is -0.481 e. The Morgan fingerprint density at radius 3 is 2.15 bits per heavy atom. The number of carboxylic acids is 2. The van der Waals surface area contributed by atoms with Gasteiger partial charge in [-0.25, -0.2) is 4.79 Å². The Morgan fingerprint density at radius 2 is 1.64 bits per heavy atom. The molecule has 1 saturated heterocycles. The maximum atomic E-state index is 12.8. The summed E-state index contributed by atoms with van der Waals surface area (Å²) in [4.78, 5) is 71.4. The van der Waals surface area contributed by atoms with Gasteiger partial charge in [-0.15, -0.1) is 0 Å². The van der Waals surface area contributed by atoms with Gasteiger partial charge in [0.2, 0.25) is 23.6 Å². The number of amides is 4. The van der Waals surface area contributed by atoms with Crippen molar-refractivity contribution in [3.8, 4) is 0 Å². The fraction of sp³-hybridized carbons (Fsp3) is 0.684. The molecule has 1 rings (SSSR count). The number of hydrogen-bond acceptors (Lipinski definition) is 8. The maximum absolute atomic E-state index is 12.8. The maximum Gasteiger partial charge on any atom is 0.326 e. The summed E-state index contributed by atoms with van der Waals surface area (Å²) >= 11 is 1.38. The van der Waals surface area contributed by atoms with Gasteiger partial charge in [-0.1, -0.05) is 0 Å². The summed E-state index contributed by atoms with van der Waals surface area (Å²) in [5.41, 5.74) is 5.21. The normalized spacial score (nSPS) is 17.9. The van der Waals surface area contributed by atoms with Gasteiger partial charge in [0.05, 0.1) is 12.5 Å². The first-order valence-corrected chi connectivity index (χ1v) is 11.8. The monoisotopic (exact) mass is 489 g/mol. The van der Waals surface area contributed by atoms with Gasteiger partial charge >= 0.3 is 11.9 Å². The van der Waals surface area contributed by atoms with Crippen LogP contribution in [0.4, 0.5) is 0 Å². The summed E-state index contributed by atoms with van der Waals surface area (Å²) in [5, 5.41) is 28.1. The van der Waals surface area contributed by atoms with Crippen LogP contribution in [0, 0.1) is 0 Å². The Morgan fingerprint density at radius 1 is 1.00 bits per heavy atom. The van der Waals surface area contributed by atoms with Crippen molar-refractivity contribution in [2.45, 2.75) is 62.7 Å². The average Bonchev–Trinajstić information content (AvgIpc) is 3.27. The quantitative estimate of drug-likeness (QED) is 0.131. The van der Waals surface area contributed by atoms with E-state index in [1.54, 1.807) is 6.26 Å². The van der Waals surface area contributed by atoms with Gasteiger partial charge in [0.15, 0.2) is 0 Å². The molecule has 1 aliphatic heterocycles. The molecular weight excluding hydrogens is 458 g/mol.